The molecule has 12 nitrogen and oxygen atoms in total. The number of carbonyl (C=O) groups excluding carboxylic acids is 3. The SMILES string of the molecule is C#C[C@H]1[C@H](OC(C)=O)[C@@H](OC(C)=O)[C@H](O[C@H]2[C@H](OCc3ccccc3)[C@@H](OCc3ccccc3)[C@H](C#C[Si](C)(C)C)O[C@@H]2COCc2ccccc2)O[C@@H]1COC(C)=O. The maximum absolute atomic E-state index is 12.7. The molecule has 0 radical (unpaired) electrons. The first-order chi connectivity index (χ1) is 28.3. The summed E-state index contributed by atoms with van der Waals surface area (Å²) in [6, 6.07) is 29.0. The minimum absolute atomic E-state index is 0.0173. The van der Waals surface area contributed by atoms with Crippen LogP contribution >= 0.6 is 0 Å². The van der Waals surface area contributed by atoms with Gasteiger partial charge in [0.1, 0.15) is 51.3 Å². The molecule has 13 heteroatoms. The van der Waals surface area contributed by atoms with E-state index in [2.05, 4.69) is 37.0 Å². The molecule has 0 N–H and O–H groups in total. The number of hydrogen-bond acceptors (Lipinski definition) is 12. The molecular weight excluding hydrogens is 773 g/mol. The zero-order valence-electron chi connectivity index (χ0n) is 34.4. The lowest BCUT2D eigenvalue weighted by Gasteiger charge is -2.48. The van der Waals surface area contributed by atoms with E-state index < -0.39 is 87.0 Å². The van der Waals surface area contributed by atoms with E-state index in [4.69, 9.17) is 49.1 Å². The van der Waals surface area contributed by atoms with Gasteiger partial charge in [-0.1, -0.05) is 122 Å². The molecule has 0 aromatic heterocycles. The Bertz CT molecular complexity index is 1900. The molecular formula is C46H54O12Si. The van der Waals surface area contributed by atoms with Crippen LogP contribution in [0.3, 0.4) is 0 Å². The van der Waals surface area contributed by atoms with E-state index in [1.54, 1.807) is 0 Å². The molecule has 2 fully saturated rings. The minimum Gasteiger partial charge on any atom is -0.463 e. The first-order valence-corrected chi connectivity index (χ1v) is 23.2. The molecule has 2 aliphatic rings. The Labute approximate surface area is 348 Å². The summed E-state index contributed by atoms with van der Waals surface area (Å²) in [4.78, 5) is 37.2. The molecule has 0 unspecified atom stereocenters. The largest absolute Gasteiger partial charge is 0.463 e. The number of ether oxygens (including phenoxy) is 9. The van der Waals surface area contributed by atoms with Crippen molar-refractivity contribution in [1.82, 2.24) is 0 Å². The zero-order chi connectivity index (χ0) is 42.4. The lowest BCUT2D eigenvalue weighted by molar-refractivity contribution is -0.339. The molecule has 0 bridgehead atoms. The summed E-state index contributed by atoms with van der Waals surface area (Å²) in [5.41, 5.74) is 6.21. The van der Waals surface area contributed by atoms with E-state index >= 15 is 0 Å². The molecule has 2 saturated heterocycles. The van der Waals surface area contributed by atoms with Crippen molar-refractivity contribution in [1.29, 1.82) is 0 Å². The summed E-state index contributed by atoms with van der Waals surface area (Å²) in [5, 5.41) is 0. The van der Waals surface area contributed by atoms with Gasteiger partial charge in [0.25, 0.3) is 0 Å². The van der Waals surface area contributed by atoms with Gasteiger partial charge in [0.15, 0.2) is 18.5 Å². The van der Waals surface area contributed by atoms with Gasteiger partial charge in [-0.25, -0.2) is 0 Å². The van der Waals surface area contributed by atoms with Gasteiger partial charge in [0, 0.05) is 20.8 Å². The van der Waals surface area contributed by atoms with Crippen LogP contribution in [0.15, 0.2) is 91.0 Å². The summed E-state index contributed by atoms with van der Waals surface area (Å²) in [5.74, 6) is 3.02. The van der Waals surface area contributed by atoms with Crippen LogP contribution in [0.1, 0.15) is 37.5 Å². The van der Waals surface area contributed by atoms with Crippen LogP contribution in [0.4, 0.5) is 0 Å². The van der Waals surface area contributed by atoms with Crippen LogP contribution < -0.4 is 0 Å². The Morgan fingerprint density at radius 1 is 0.627 bits per heavy atom. The zero-order valence-corrected chi connectivity index (χ0v) is 35.4. The third kappa shape index (κ3) is 13.9. The summed E-state index contributed by atoms with van der Waals surface area (Å²) in [6.45, 7) is 10.4. The molecule has 0 saturated carbocycles. The van der Waals surface area contributed by atoms with E-state index in [1.165, 1.54) is 20.8 Å². The molecule has 59 heavy (non-hydrogen) atoms. The number of hydrogen-bond donors (Lipinski definition) is 0. The fourth-order valence-corrected chi connectivity index (χ4v) is 7.33. The van der Waals surface area contributed by atoms with Gasteiger partial charge in [0.2, 0.25) is 0 Å². The summed E-state index contributed by atoms with van der Waals surface area (Å²) in [7, 11) is -1.94. The van der Waals surface area contributed by atoms with Gasteiger partial charge in [-0.15, -0.1) is 12.0 Å². The normalized spacial score (nSPS) is 26.7. The van der Waals surface area contributed by atoms with E-state index in [0.29, 0.717) is 0 Å². The summed E-state index contributed by atoms with van der Waals surface area (Å²) >= 11 is 0. The molecule has 0 amide bonds. The fourth-order valence-electron chi connectivity index (χ4n) is 6.75. The van der Waals surface area contributed by atoms with Crippen LogP contribution in [0, 0.1) is 29.7 Å². The predicted octanol–water partition coefficient (Wildman–Crippen LogP) is 5.81. The van der Waals surface area contributed by atoms with Crippen molar-refractivity contribution in [3.05, 3.63) is 108 Å². The van der Waals surface area contributed by atoms with Crippen molar-refractivity contribution < 1.29 is 57.0 Å². The van der Waals surface area contributed by atoms with Crippen LogP contribution in [-0.4, -0.2) is 94.3 Å². The maximum Gasteiger partial charge on any atom is 0.303 e. The Balaban J connectivity index is 1.61. The molecule has 0 spiro atoms. The molecule has 10 atom stereocenters. The van der Waals surface area contributed by atoms with Crippen LogP contribution in [0.2, 0.25) is 19.6 Å². The quantitative estimate of drug-likeness (QED) is 0.0748. The molecule has 2 heterocycles. The number of benzene rings is 3. The predicted molar refractivity (Wildman–Crippen MR) is 220 cm³/mol. The molecule has 0 aliphatic carbocycles. The first kappa shape index (κ1) is 45.3. The van der Waals surface area contributed by atoms with Gasteiger partial charge in [0.05, 0.1) is 32.3 Å². The lowest BCUT2D eigenvalue weighted by atomic mass is 9.89. The van der Waals surface area contributed by atoms with Crippen molar-refractivity contribution in [2.75, 3.05) is 13.2 Å². The first-order valence-electron chi connectivity index (χ1n) is 19.7. The second kappa shape index (κ2) is 22.0. The highest BCUT2D eigenvalue weighted by atomic mass is 28.3. The van der Waals surface area contributed by atoms with Crippen LogP contribution in [0.25, 0.3) is 0 Å². The second-order valence-corrected chi connectivity index (χ2v) is 20.2. The third-order valence-electron chi connectivity index (χ3n) is 9.38. The molecule has 3 aromatic rings. The van der Waals surface area contributed by atoms with Gasteiger partial charge >= 0.3 is 17.9 Å². The topological polar surface area (TPSA) is 134 Å². The Morgan fingerprint density at radius 2 is 1.15 bits per heavy atom. The van der Waals surface area contributed by atoms with Crippen molar-refractivity contribution in [2.45, 2.75) is 115 Å². The highest BCUT2D eigenvalue weighted by molar-refractivity contribution is 6.83. The van der Waals surface area contributed by atoms with E-state index in [1.807, 2.05) is 91.0 Å². The highest BCUT2D eigenvalue weighted by Gasteiger charge is 2.55. The van der Waals surface area contributed by atoms with Gasteiger partial charge < -0.3 is 42.6 Å². The average molecular weight is 827 g/mol. The Hall–Kier alpha value is -4.83. The number of carbonyl (C=O) groups is 3. The summed E-state index contributed by atoms with van der Waals surface area (Å²) in [6.07, 6.45) is -3.52. The smallest absolute Gasteiger partial charge is 0.303 e. The van der Waals surface area contributed by atoms with Gasteiger partial charge in [-0.2, -0.15) is 0 Å². The van der Waals surface area contributed by atoms with Gasteiger partial charge in [-0.3, -0.25) is 14.4 Å². The second-order valence-electron chi connectivity index (χ2n) is 15.4. The average Bonchev–Trinajstić information content (AvgIpc) is 3.20. The summed E-state index contributed by atoms with van der Waals surface area (Å²) < 4.78 is 57.0. The lowest BCUT2D eigenvalue weighted by Crippen LogP contribution is -2.65. The third-order valence-corrected chi connectivity index (χ3v) is 10.3. The standard InChI is InChI=1S/C46H54O12Si/c1-8-37-39(30-51-31(2)47)57-46(45(55-33(4)49)41(37)54-32(3)48)58-43-40(29-50-26-34-18-12-9-13-19-34)56-38(24-25-59(5,6)7)42(52-27-35-20-14-10-15-21-35)44(43)53-28-36-22-16-11-17-23-36/h1,9-23,37-46H,26-30H2,2-7H3/t37-,38+,39-,40-,41+,42+,43-,44-,45-,46+/m1/s1. The molecule has 3 aromatic carbocycles. The minimum atomic E-state index is -1.94. The number of terminal acetylenes is 1. The van der Waals surface area contributed by atoms with Gasteiger partial charge in [-0.05, 0) is 16.7 Å². The highest BCUT2D eigenvalue weighted by Crippen LogP contribution is 2.36. The van der Waals surface area contributed by atoms with Crippen molar-refractivity contribution in [2.24, 2.45) is 5.92 Å². The monoisotopic (exact) mass is 826 g/mol. The van der Waals surface area contributed by atoms with Crippen LogP contribution in [-0.2, 0) is 76.8 Å². The van der Waals surface area contributed by atoms with E-state index in [0.717, 1.165) is 16.7 Å². The molecule has 2 aliphatic heterocycles. The van der Waals surface area contributed by atoms with E-state index in [9.17, 15) is 14.4 Å². The van der Waals surface area contributed by atoms with Crippen molar-refractivity contribution >= 4 is 26.0 Å². The fraction of sp³-hybridized carbons (Fsp3) is 0.457. The molecule has 314 valence electrons. The number of esters is 3. The molecule has 5 rings (SSSR count). The van der Waals surface area contributed by atoms with E-state index in [-0.39, 0.29) is 33.0 Å². The maximum atomic E-state index is 12.7. The van der Waals surface area contributed by atoms with Crippen molar-refractivity contribution in [3.8, 4) is 23.8 Å². The number of rotatable bonds is 16. The Kier molecular flexibility index (Phi) is 16.8. The van der Waals surface area contributed by atoms with Crippen molar-refractivity contribution in [3.63, 3.8) is 0 Å². The Morgan fingerprint density at radius 3 is 1.66 bits per heavy atom. The van der Waals surface area contributed by atoms with Crippen LogP contribution in [0.5, 0.6) is 0 Å².